The Bertz CT molecular complexity index is 1060. The van der Waals surface area contributed by atoms with Gasteiger partial charge in [-0.2, -0.15) is 0 Å². The fourth-order valence-corrected chi connectivity index (χ4v) is 3.62. The highest BCUT2D eigenvalue weighted by atomic mass is 16.5. The number of nitrogens with zero attached hydrogens (tertiary/aromatic N) is 4. The maximum Gasteiger partial charge on any atom is 0.276 e. The van der Waals surface area contributed by atoms with Crippen molar-refractivity contribution >= 4 is 16.8 Å². The fourth-order valence-electron chi connectivity index (χ4n) is 3.62. The third-order valence-corrected chi connectivity index (χ3v) is 5.24. The van der Waals surface area contributed by atoms with Crippen LogP contribution in [-0.2, 0) is 6.54 Å². The van der Waals surface area contributed by atoms with Crippen LogP contribution < -0.4 is 10.3 Å². The summed E-state index contributed by atoms with van der Waals surface area (Å²) in [6, 6.07) is 6.94. The molecular weight excluding hydrogens is 360 g/mol. The lowest BCUT2D eigenvalue weighted by molar-refractivity contribution is 0.0672. The molecule has 1 saturated heterocycles. The highest BCUT2D eigenvalue weighted by Gasteiger charge is 2.26. The van der Waals surface area contributed by atoms with Gasteiger partial charge in [-0.3, -0.25) is 14.2 Å². The zero-order valence-electron chi connectivity index (χ0n) is 15.9. The van der Waals surface area contributed by atoms with E-state index in [9.17, 15) is 9.59 Å². The quantitative estimate of drug-likeness (QED) is 0.687. The lowest BCUT2D eigenvalue weighted by Gasteiger charge is -2.31. The Morgan fingerprint density at radius 1 is 1.29 bits per heavy atom. The SMILES string of the molecule is COc1ccc2c(=O)n(CC3CCN(C(=O)c4cc(C)on4)CC3)cnc2c1. The van der Waals surface area contributed by atoms with Gasteiger partial charge in [0.25, 0.3) is 11.5 Å². The topological polar surface area (TPSA) is 90.5 Å². The predicted molar refractivity (Wildman–Crippen MR) is 102 cm³/mol. The first kappa shape index (κ1) is 18.2. The number of carbonyl (C=O) groups is 1. The van der Waals surface area contributed by atoms with Gasteiger partial charge in [-0.25, -0.2) is 4.98 Å². The van der Waals surface area contributed by atoms with E-state index >= 15 is 0 Å². The van der Waals surface area contributed by atoms with Gasteiger partial charge in [-0.15, -0.1) is 0 Å². The molecule has 1 amide bonds. The van der Waals surface area contributed by atoms with Crippen molar-refractivity contribution in [2.24, 2.45) is 5.92 Å². The average Bonchev–Trinajstić information content (AvgIpc) is 3.16. The summed E-state index contributed by atoms with van der Waals surface area (Å²) in [6.07, 6.45) is 3.26. The largest absolute Gasteiger partial charge is 0.497 e. The first-order valence-corrected chi connectivity index (χ1v) is 9.31. The fraction of sp³-hybridized carbons (Fsp3) is 0.400. The average molecular weight is 382 g/mol. The van der Waals surface area contributed by atoms with Crippen LogP contribution in [0.3, 0.4) is 0 Å². The highest BCUT2D eigenvalue weighted by Crippen LogP contribution is 2.21. The smallest absolute Gasteiger partial charge is 0.276 e. The Kier molecular flexibility index (Phi) is 4.85. The number of carbonyl (C=O) groups excluding carboxylic acids is 1. The monoisotopic (exact) mass is 382 g/mol. The Morgan fingerprint density at radius 3 is 2.75 bits per heavy atom. The van der Waals surface area contributed by atoms with Crippen LogP contribution in [0.15, 0.2) is 39.9 Å². The van der Waals surface area contributed by atoms with Crippen LogP contribution >= 0.6 is 0 Å². The van der Waals surface area contributed by atoms with Crippen molar-refractivity contribution in [3.05, 3.63) is 52.4 Å². The van der Waals surface area contributed by atoms with Gasteiger partial charge in [-0.1, -0.05) is 5.16 Å². The minimum atomic E-state index is -0.103. The van der Waals surface area contributed by atoms with Crippen molar-refractivity contribution in [3.63, 3.8) is 0 Å². The minimum absolute atomic E-state index is 0.0516. The molecule has 28 heavy (non-hydrogen) atoms. The molecule has 8 nitrogen and oxygen atoms in total. The molecule has 1 aromatic carbocycles. The standard InChI is InChI=1S/C20H22N4O4/c1-13-9-18(22-28-13)20(26)23-7-5-14(6-8-23)11-24-12-21-17-10-15(27-2)3-4-16(17)19(24)25/h3-4,9-10,12,14H,5-8,11H2,1-2H3. The molecule has 1 fully saturated rings. The van der Waals surface area contributed by atoms with Gasteiger partial charge >= 0.3 is 0 Å². The summed E-state index contributed by atoms with van der Waals surface area (Å²) in [6.45, 7) is 3.64. The number of benzene rings is 1. The molecule has 146 valence electrons. The number of aromatic nitrogens is 3. The number of aryl methyl sites for hydroxylation is 1. The van der Waals surface area contributed by atoms with Crippen LogP contribution in [0.4, 0.5) is 0 Å². The van der Waals surface area contributed by atoms with Crippen LogP contribution in [0, 0.1) is 12.8 Å². The lowest BCUT2D eigenvalue weighted by atomic mass is 9.96. The summed E-state index contributed by atoms with van der Waals surface area (Å²) in [5.41, 5.74) is 0.925. The Balaban J connectivity index is 1.43. The molecule has 0 atom stereocenters. The molecule has 0 bridgehead atoms. The minimum Gasteiger partial charge on any atom is -0.497 e. The molecular formula is C20H22N4O4. The van der Waals surface area contributed by atoms with E-state index in [1.165, 1.54) is 0 Å². The molecule has 8 heteroatoms. The molecule has 4 rings (SSSR count). The molecule has 0 radical (unpaired) electrons. The second-order valence-corrected chi connectivity index (χ2v) is 7.14. The third-order valence-electron chi connectivity index (χ3n) is 5.24. The van der Waals surface area contributed by atoms with E-state index in [1.807, 2.05) is 0 Å². The van der Waals surface area contributed by atoms with Crippen molar-refractivity contribution in [3.8, 4) is 5.75 Å². The number of methoxy groups -OCH3 is 1. The molecule has 1 aliphatic rings. The van der Waals surface area contributed by atoms with Gasteiger partial charge in [0.15, 0.2) is 5.69 Å². The molecule has 1 aliphatic heterocycles. The maximum atomic E-state index is 12.8. The van der Waals surface area contributed by atoms with Crippen molar-refractivity contribution in [2.45, 2.75) is 26.3 Å². The number of ether oxygens (including phenoxy) is 1. The van der Waals surface area contributed by atoms with Gasteiger partial charge < -0.3 is 14.2 Å². The molecule has 0 N–H and O–H groups in total. The van der Waals surface area contributed by atoms with Gasteiger partial charge in [0.2, 0.25) is 0 Å². The van der Waals surface area contributed by atoms with Crippen molar-refractivity contribution < 1.29 is 14.1 Å². The number of likely N-dealkylation sites (tertiary alicyclic amines) is 1. The molecule has 2 aromatic heterocycles. The van der Waals surface area contributed by atoms with Crippen LogP contribution in [-0.4, -0.2) is 45.7 Å². The lowest BCUT2D eigenvalue weighted by Crippen LogP contribution is -2.40. The number of rotatable bonds is 4. The van der Waals surface area contributed by atoms with Crippen LogP contribution in [0.5, 0.6) is 5.75 Å². The van der Waals surface area contributed by atoms with E-state index in [0.717, 1.165) is 12.8 Å². The Morgan fingerprint density at radius 2 is 2.07 bits per heavy atom. The maximum absolute atomic E-state index is 12.8. The number of hydrogen-bond acceptors (Lipinski definition) is 6. The molecule has 0 saturated carbocycles. The van der Waals surface area contributed by atoms with Crippen LogP contribution in [0.1, 0.15) is 29.1 Å². The molecule has 0 aliphatic carbocycles. The molecule has 3 heterocycles. The van der Waals surface area contributed by atoms with Gasteiger partial charge in [0, 0.05) is 31.8 Å². The first-order chi connectivity index (χ1) is 13.5. The van der Waals surface area contributed by atoms with E-state index in [-0.39, 0.29) is 11.5 Å². The van der Waals surface area contributed by atoms with E-state index < -0.39 is 0 Å². The van der Waals surface area contributed by atoms with Crippen LogP contribution in [0.25, 0.3) is 10.9 Å². The zero-order chi connectivity index (χ0) is 19.7. The van der Waals surface area contributed by atoms with Gasteiger partial charge in [-0.05, 0) is 37.8 Å². The van der Waals surface area contributed by atoms with Crippen molar-refractivity contribution in [2.75, 3.05) is 20.2 Å². The number of amides is 1. The zero-order valence-corrected chi connectivity index (χ0v) is 15.9. The normalized spacial score (nSPS) is 15.1. The number of fused-ring (bicyclic) bond motifs is 1. The van der Waals surface area contributed by atoms with Crippen LogP contribution in [0.2, 0.25) is 0 Å². The summed E-state index contributed by atoms with van der Waals surface area (Å²) in [7, 11) is 1.59. The second kappa shape index (κ2) is 7.46. The number of piperidine rings is 1. The predicted octanol–water partition coefficient (Wildman–Crippen LogP) is 2.25. The summed E-state index contributed by atoms with van der Waals surface area (Å²) < 4.78 is 11.8. The van der Waals surface area contributed by atoms with E-state index in [0.29, 0.717) is 53.7 Å². The number of hydrogen-bond donors (Lipinski definition) is 0. The van der Waals surface area contributed by atoms with Gasteiger partial charge in [0.1, 0.15) is 11.5 Å². The molecule has 0 unspecified atom stereocenters. The van der Waals surface area contributed by atoms with Crippen molar-refractivity contribution in [1.29, 1.82) is 0 Å². The van der Waals surface area contributed by atoms with Crippen molar-refractivity contribution in [1.82, 2.24) is 19.6 Å². The molecule has 0 spiro atoms. The third kappa shape index (κ3) is 3.49. The Hall–Kier alpha value is -3.16. The van der Waals surface area contributed by atoms with Gasteiger partial charge in [0.05, 0.1) is 24.3 Å². The first-order valence-electron chi connectivity index (χ1n) is 9.31. The summed E-state index contributed by atoms with van der Waals surface area (Å²) >= 11 is 0. The Labute approximate surface area is 161 Å². The second-order valence-electron chi connectivity index (χ2n) is 7.14. The van der Waals surface area contributed by atoms with E-state index in [1.54, 1.807) is 54.1 Å². The summed E-state index contributed by atoms with van der Waals surface area (Å²) in [5.74, 6) is 1.52. The summed E-state index contributed by atoms with van der Waals surface area (Å²) in [5, 5.41) is 4.38. The van der Waals surface area contributed by atoms with E-state index in [2.05, 4.69) is 10.1 Å². The highest BCUT2D eigenvalue weighted by molar-refractivity contribution is 5.92. The molecule has 3 aromatic rings. The summed E-state index contributed by atoms with van der Waals surface area (Å²) in [4.78, 5) is 31.4. The van der Waals surface area contributed by atoms with E-state index in [4.69, 9.17) is 9.26 Å².